The fraction of sp³-hybridized carbons (Fsp3) is 0.333. The first kappa shape index (κ1) is 24.8. The summed E-state index contributed by atoms with van der Waals surface area (Å²) in [5.74, 6) is 0.0869. The maximum Gasteiger partial charge on any atom is 0.411 e. The average Bonchev–Trinajstić information content (AvgIpc) is 3.24. The van der Waals surface area contributed by atoms with Crippen molar-refractivity contribution in [3.63, 3.8) is 0 Å². The number of nitro groups is 1. The number of carbonyl (C=O) groups excluding carboxylic acids is 2. The number of nitrogens with zero attached hydrogens (tertiary/aromatic N) is 2. The molecular weight excluding hydrogens is 406 g/mol. The molecule has 8 nitrogen and oxygen atoms in total. The first-order chi connectivity index (χ1) is 14.4. The van der Waals surface area contributed by atoms with Crippen molar-refractivity contribution in [1.29, 1.82) is 0 Å². The van der Waals surface area contributed by atoms with E-state index in [-0.39, 0.29) is 29.8 Å². The molecule has 0 unspecified atom stereocenters. The van der Waals surface area contributed by atoms with Gasteiger partial charge in [0, 0.05) is 36.9 Å². The predicted molar refractivity (Wildman–Crippen MR) is 120 cm³/mol. The Bertz CT molecular complexity index is 848. The number of hydrogen-bond donors (Lipinski definition) is 1. The van der Waals surface area contributed by atoms with E-state index in [4.69, 9.17) is 4.74 Å². The van der Waals surface area contributed by atoms with Gasteiger partial charge in [-0.25, -0.2) is 4.79 Å². The Morgan fingerprint density at radius 3 is 2.50 bits per heavy atom. The number of nitrogens with one attached hydrogen (secondary N) is 1. The fourth-order valence-electron chi connectivity index (χ4n) is 2.66. The summed E-state index contributed by atoms with van der Waals surface area (Å²) in [5, 5.41) is 15.6. The minimum absolute atomic E-state index is 0.00767. The van der Waals surface area contributed by atoms with E-state index in [0.717, 1.165) is 10.4 Å². The van der Waals surface area contributed by atoms with Crippen molar-refractivity contribution >= 4 is 34.7 Å². The molecule has 162 valence electrons. The summed E-state index contributed by atoms with van der Waals surface area (Å²) in [6.45, 7) is 12.8. The van der Waals surface area contributed by atoms with E-state index in [1.807, 2.05) is 31.4 Å². The second-order valence-corrected chi connectivity index (χ2v) is 6.93. The number of carbonyl (C=O) groups is 2. The highest BCUT2D eigenvalue weighted by Crippen LogP contribution is 2.32. The van der Waals surface area contributed by atoms with Crippen LogP contribution in [0, 0.1) is 16.0 Å². The Hall–Kier alpha value is -3.20. The Morgan fingerprint density at radius 1 is 1.30 bits per heavy atom. The van der Waals surface area contributed by atoms with Crippen molar-refractivity contribution in [2.24, 2.45) is 5.92 Å². The van der Waals surface area contributed by atoms with Gasteiger partial charge in [0.05, 0.1) is 11.5 Å². The molecule has 1 aliphatic heterocycles. The summed E-state index contributed by atoms with van der Waals surface area (Å²) >= 11 is 1.50. The van der Waals surface area contributed by atoms with E-state index in [1.54, 1.807) is 17.0 Å². The zero-order valence-corrected chi connectivity index (χ0v) is 18.2. The first-order valence-corrected chi connectivity index (χ1v) is 10.3. The third-order valence-electron chi connectivity index (χ3n) is 4.09. The van der Waals surface area contributed by atoms with E-state index in [0.29, 0.717) is 13.1 Å². The minimum Gasteiger partial charge on any atom is -0.449 e. The van der Waals surface area contributed by atoms with Crippen molar-refractivity contribution in [3.05, 3.63) is 59.0 Å². The van der Waals surface area contributed by atoms with Crippen LogP contribution in [0.25, 0.3) is 10.4 Å². The molecule has 0 spiro atoms. The van der Waals surface area contributed by atoms with E-state index in [2.05, 4.69) is 18.5 Å². The van der Waals surface area contributed by atoms with Crippen molar-refractivity contribution in [3.8, 4) is 10.4 Å². The molecule has 2 heterocycles. The lowest BCUT2D eigenvalue weighted by molar-refractivity contribution is -0.383. The maximum absolute atomic E-state index is 12.0. The topological polar surface area (TPSA) is 102 Å². The highest BCUT2D eigenvalue weighted by molar-refractivity contribution is 7.13. The molecule has 1 aromatic heterocycles. The molecule has 0 aliphatic carbocycles. The van der Waals surface area contributed by atoms with Crippen LogP contribution < -0.4 is 5.32 Å². The molecule has 1 aromatic carbocycles. The van der Waals surface area contributed by atoms with E-state index in [1.165, 1.54) is 24.3 Å². The number of ether oxygens (including phenoxy) is 1. The van der Waals surface area contributed by atoms with Crippen LogP contribution in [0.5, 0.6) is 0 Å². The van der Waals surface area contributed by atoms with Crippen LogP contribution in [0.4, 0.5) is 16.2 Å². The van der Waals surface area contributed by atoms with Crippen molar-refractivity contribution in [1.82, 2.24) is 4.90 Å². The van der Waals surface area contributed by atoms with Crippen LogP contribution in [0.2, 0.25) is 0 Å². The van der Waals surface area contributed by atoms with Gasteiger partial charge in [-0.2, -0.15) is 0 Å². The molecule has 0 bridgehead atoms. The zero-order chi connectivity index (χ0) is 22.7. The fourth-order valence-corrected chi connectivity index (χ4v) is 3.39. The average molecular weight is 434 g/mol. The van der Waals surface area contributed by atoms with Crippen molar-refractivity contribution < 1.29 is 19.2 Å². The number of likely N-dealkylation sites (tertiary alicyclic amines) is 1. The van der Waals surface area contributed by atoms with Gasteiger partial charge < -0.3 is 9.64 Å². The van der Waals surface area contributed by atoms with Crippen LogP contribution >= 0.6 is 11.3 Å². The smallest absolute Gasteiger partial charge is 0.411 e. The maximum atomic E-state index is 12.0. The number of nitro benzene ring substituents is 1. The molecule has 30 heavy (non-hydrogen) atoms. The van der Waals surface area contributed by atoms with E-state index < -0.39 is 11.0 Å². The minimum atomic E-state index is -0.752. The molecule has 1 fully saturated rings. The molecule has 1 N–H and O–H groups in total. The van der Waals surface area contributed by atoms with Crippen LogP contribution in [-0.2, 0) is 9.53 Å². The summed E-state index contributed by atoms with van der Waals surface area (Å²) in [5.41, 5.74) is 0.663. The van der Waals surface area contributed by atoms with Gasteiger partial charge in [-0.3, -0.25) is 20.2 Å². The Labute approximate surface area is 180 Å². The Balaban J connectivity index is 0.00000106. The number of anilines is 1. The number of amides is 2. The van der Waals surface area contributed by atoms with Gasteiger partial charge in [0.1, 0.15) is 5.69 Å². The third-order valence-corrected chi connectivity index (χ3v) is 5.01. The summed E-state index contributed by atoms with van der Waals surface area (Å²) < 4.78 is 5.14. The molecular formula is C21H27N3O5S. The van der Waals surface area contributed by atoms with Crippen LogP contribution in [0.1, 0.15) is 20.8 Å². The van der Waals surface area contributed by atoms with Gasteiger partial charge in [-0.15, -0.1) is 24.5 Å². The standard InChI is InChI=1S/C17H17N3O5S.C2H6.C2H4/c1-11(21)19-8-12(9-19)10-25-17(22)18-14-7-13(16-3-2-6-26-16)4-5-15(14)20(23)24;2*1-2/h2-7,12H,8-10H2,1H3,(H,18,22);1-2H3;1-2H2. The highest BCUT2D eigenvalue weighted by Gasteiger charge is 2.29. The number of benzene rings is 1. The molecule has 1 saturated heterocycles. The third kappa shape index (κ3) is 6.70. The molecule has 2 aromatic rings. The number of hydrogen-bond acceptors (Lipinski definition) is 6. The van der Waals surface area contributed by atoms with Crippen LogP contribution in [0.15, 0.2) is 48.9 Å². The van der Waals surface area contributed by atoms with Gasteiger partial charge in [-0.05, 0) is 29.1 Å². The van der Waals surface area contributed by atoms with Crippen molar-refractivity contribution in [2.75, 3.05) is 25.0 Å². The summed E-state index contributed by atoms with van der Waals surface area (Å²) in [6, 6.07) is 8.34. The van der Waals surface area contributed by atoms with E-state index in [9.17, 15) is 19.7 Å². The lowest BCUT2D eigenvalue weighted by Crippen LogP contribution is -2.51. The van der Waals surface area contributed by atoms with Gasteiger partial charge >= 0.3 is 6.09 Å². The van der Waals surface area contributed by atoms with Gasteiger partial charge in [0.25, 0.3) is 5.69 Å². The SMILES string of the molecule is C=C.CC.CC(=O)N1CC(COC(=O)Nc2cc(-c3cccs3)ccc2[N+](=O)[O-])C1. The number of thiophene rings is 1. The molecule has 2 amide bonds. The van der Waals surface area contributed by atoms with Crippen molar-refractivity contribution in [2.45, 2.75) is 20.8 Å². The molecule has 0 atom stereocenters. The van der Waals surface area contributed by atoms with Gasteiger partial charge in [0.2, 0.25) is 5.91 Å². The number of rotatable bonds is 5. The summed E-state index contributed by atoms with van der Waals surface area (Å²) in [4.78, 5) is 36.4. The molecule has 1 aliphatic rings. The summed E-state index contributed by atoms with van der Waals surface area (Å²) in [7, 11) is 0. The second-order valence-electron chi connectivity index (χ2n) is 5.98. The lowest BCUT2D eigenvalue weighted by Gasteiger charge is -2.38. The van der Waals surface area contributed by atoms with Crippen LogP contribution in [0.3, 0.4) is 0 Å². The normalized spacial score (nSPS) is 12.3. The quantitative estimate of drug-likeness (QED) is 0.398. The zero-order valence-electron chi connectivity index (χ0n) is 17.4. The van der Waals surface area contributed by atoms with Gasteiger partial charge in [-0.1, -0.05) is 19.9 Å². The predicted octanol–water partition coefficient (Wildman–Crippen LogP) is 5.18. The molecule has 0 saturated carbocycles. The molecule has 3 rings (SSSR count). The summed E-state index contributed by atoms with van der Waals surface area (Å²) in [6.07, 6.45) is -0.752. The Morgan fingerprint density at radius 2 is 1.97 bits per heavy atom. The van der Waals surface area contributed by atoms with E-state index >= 15 is 0 Å². The molecule has 0 radical (unpaired) electrons. The first-order valence-electron chi connectivity index (χ1n) is 9.45. The lowest BCUT2D eigenvalue weighted by atomic mass is 10.0. The Kier molecular flexibility index (Phi) is 10.3. The molecule has 9 heteroatoms. The monoisotopic (exact) mass is 433 g/mol. The second kappa shape index (κ2) is 12.4. The van der Waals surface area contributed by atoms with Gasteiger partial charge in [0.15, 0.2) is 0 Å². The van der Waals surface area contributed by atoms with Crippen LogP contribution in [-0.4, -0.2) is 41.5 Å². The highest BCUT2D eigenvalue weighted by atomic mass is 32.1. The largest absolute Gasteiger partial charge is 0.449 e.